The predicted molar refractivity (Wildman–Crippen MR) is 66.2 cm³/mol. The van der Waals surface area contributed by atoms with Crippen molar-refractivity contribution in [3.05, 3.63) is 41.0 Å². The van der Waals surface area contributed by atoms with Crippen molar-refractivity contribution in [2.45, 2.75) is 37.7 Å². The number of hydrogen-bond acceptors (Lipinski definition) is 1. The number of benzene rings is 1. The average Bonchev–Trinajstić information content (AvgIpc) is 2.36. The third kappa shape index (κ3) is 3.58. The normalized spacial score (nSPS) is 20.3. The van der Waals surface area contributed by atoms with Crippen molar-refractivity contribution < 1.29 is 26.3 Å². The highest BCUT2D eigenvalue weighted by Gasteiger charge is 2.37. The Morgan fingerprint density at radius 3 is 1.86 bits per heavy atom. The Morgan fingerprint density at radius 2 is 1.43 bits per heavy atom. The van der Waals surface area contributed by atoms with Crippen molar-refractivity contribution in [1.82, 2.24) is 0 Å². The summed E-state index contributed by atoms with van der Waals surface area (Å²) in [6.45, 7) is 0. The zero-order valence-electron chi connectivity index (χ0n) is 10.9. The molecule has 0 amide bonds. The largest absolute Gasteiger partial charge is 0.416 e. The molecule has 21 heavy (non-hydrogen) atoms. The molecule has 0 aliphatic heterocycles. The fourth-order valence-electron chi connectivity index (χ4n) is 2.36. The first-order valence-electron chi connectivity index (χ1n) is 6.34. The van der Waals surface area contributed by atoms with Crippen LogP contribution in [0, 0.1) is 0 Å². The predicted octanol–water partition coefficient (Wildman–Crippen LogP) is 4.62. The topological polar surface area (TPSA) is 26.0 Å². The van der Waals surface area contributed by atoms with Gasteiger partial charge in [-0.3, -0.25) is 0 Å². The van der Waals surface area contributed by atoms with Gasteiger partial charge >= 0.3 is 12.4 Å². The van der Waals surface area contributed by atoms with Crippen LogP contribution >= 0.6 is 0 Å². The van der Waals surface area contributed by atoms with E-state index in [9.17, 15) is 26.3 Å². The molecule has 1 atom stereocenters. The molecule has 0 spiro atoms. The summed E-state index contributed by atoms with van der Waals surface area (Å²) in [4.78, 5) is 0. The number of alkyl halides is 6. The lowest BCUT2D eigenvalue weighted by molar-refractivity contribution is -0.143. The molecule has 2 rings (SSSR count). The van der Waals surface area contributed by atoms with Crippen LogP contribution < -0.4 is 5.73 Å². The zero-order valence-corrected chi connectivity index (χ0v) is 10.9. The Kier molecular flexibility index (Phi) is 4.06. The van der Waals surface area contributed by atoms with E-state index >= 15 is 0 Å². The first kappa shape index (κ1) is 15.9. The molecular weight excluding hydrogens is 296 g/mol. The number of allylic oxidation sites excluding steroid dienone is 1. The van der Waals surface area contributed by atoms with Crippen LogP contribution in [-0.4, -0.2) is 6.04 Å². The van der Waals surface area contributed by atoms with Gasteiger partial charge in [0.1, 0.15) is 0 Å². The monoisotopic (exact) mass is 309 g/mol. The summed E-state index contributed by atoms with van der Waals surface area (Å²) in [6.07, 6.45) is -6.14. The van der Waals surface area contributed by atoms with Gasteiger partial charge in [-0.25, -0.2) is 0 Å². The van der Waals surface area contributed by atoms with Crippen LogP contribution in [0.2, 0.25) is 0 Å². The van der Waals surface area contributed by atoms with E-state index in [1.54, 1.807) is 6.08 Å². The van der Waals surface area contributed by atoms with Crippen molar-refractivity contribution in [3.8, 4) is 0 Å². The Balaban J connectivity index is 2.58. The van der Waals surface area contributed by atoms with E-state index in [1.807, 2.05) is 0 Å². The Hall–Kier alpha value is -1.50. The van der Waals surface area contributed by atoms with Crippen LogP contribution in [0.3, 0.4) is 0 Å². The highest BCUT2D eigenvalue weighted by molar-refractivity contribution is 5.71. The quantitative estimate of drug-likeness (QED) is 0.753. The second-order valence-electron chi connectivity index (χ2n) is 4.99. The maximum Gasteiger partial charge on any atom is 0.416 e. The number of rotatable bonds is 1. The summed E-state index contributed by atoms with van der Waals surface area (Å²) < 4.78 is 76.7. The molecule has 116 valence electrons. The van der Waals surface area contributed by atoms with Gasteiger partial charge in [-0.15, -0.1) is 0 Å². The van der Waals surface area contributed by atoms with Gasteiger partial charge in [0.05, 0.1) is 11.1 Å². The Labute approximate surface area is 117 Å². The standard InChI is InChI=1S/C14H13F6N/c15-13(16,17)9-5-8(6-10(7-9)14(18,19)20)11-3-1-2-4-12(11)21/h3,5-7,12H,1-2,4,21H2. The fourth-order valence-corrected chi connectivity index (χ4v) is 2.36. The van der Waals surface area contributed by atoms with Crippen LogP contribution in [0.15, 0.2) is 24.3 Å². The SMILES string of the molecule is NC1CCCC=C1c1cc(C(F)(F)F)cc(C(F)(F)F)c1. The zero-order chi connectivity index (χ0) is 15.8. The van der Waals surface area contributed by atoms with Crippen molar-refractivity contribution in [1.29, 1.82) is 0 Å². The summed E-state index contributed by atoms with van der Waals surface area (Å²) >= 11 is 0. The number of hydrogen-bond donors (Lipinski definition) is 1. The Morgan fingerprint density at radius 1 is 0.905 bits per heavy atom. The van der Waals surface area contributed by atoms with Gasteiger partial charge in [0.25, 0.3) is 0 Å². The van der Waals surface area contributed by atoms with Crippen LogP contribution in [0.25, 0.3) is 5.57 Å². The van der Waals surface area contributed by atoms with Crippen LogP contribution in [0.5, 0.6) is 0 Å². The van der Waals surface area contributed by atoms with Gasteiger partial charge < -0.3 is 5.73 Å². The molecule has 0 radical (unpaired) electrons. The number of halogens is 6. The molecule has 2 N–H and O–H groups in total. The van der Waals surface area contributed by atoms with Crippen molar-refractivity contribution in [2.75, 3.05) is 0 Å². The minimum Gasteiger partial charge on any atom is -0.324 e. The molecule has 7 heteroatoms. The van der Waals surface area contributed by atoms with Gasteiger partial charge in [0.15, 0.2) is 0 Å². The smallest absolute Gasteiger partial charge is 0.324 e. The second kappa shape index (κ2) is 5.36. The molecule has 1 aliphatic carbocycles. The summed E-state index contributed by atoms with van der Waals surface area (Å²) in [5.41, 5.74) is 3.41. The van der Waals surface area contributed by atoms with Crippen LogP contribution in [0.1, 0.15) is 36.0 Å². The van der Waals surface area contributed by atoms with Gasteiger partial charge in [-0.1, -0.05) is 6.08 Å². The third-order valence-corrected chi connectivity index (χ3v) is 3.40. The molecule has 1 nitrogen and oxygen atoms in total. The molecule has 1 unspecified atom stereocenters. The molecule has 0 bridgehead atoms. The lowest BCUT2D eigenvalue weighted by atomic mass is 9.88. The minimum atomic E-state index is -4.84. The van der Waals surface area contributed by atoms with Crippen molar-refractivity contribution in [2.24, 2.45) is 5.73 Å². The first-order chi connectivity index (χ1) is 9.59. The van der Waals surface area contributed by atoms with E-state index in [1.165, 1.54) is 0 Å². The van der Waals surface area contributed by atoms with Crippen LogP contribution in [0.4, 0.5) is 26.3 Å². The third-order valence-electron chi connectivity index (χ3n) is 3.40. The maximum atomic E-state index is 12.8. The van der Waals surface area contributed by atoms with E-state index in [4.69, 9.17) is 5.73 Å². The lowest BCUT2D eigenvalue weighted by Gasteiger charge is -2.22. The van der Waals surface area contributed by atoms with Gasteiger partial charge in [-0.05, 0) is 48.6 Å². The van der Waals surface area contributed by atoms with E-state index < -0.39 is 29.5 Å². The summed E-state index contributed by atoms with van der Waals surface area (Å²) in [5, 5.41) is 0. The number of nitrogens with two attached hydrogens (primary N) is 1. The van der Waals surface area contributed by atoms with Crippen LogP contribution in [-0.2, 0) is 12.4 Å². The fraction of sp³-hybridized carbons (Fsp3) is 0.429. The molecule has 0 fully saturated rings. The molecule has 0 saturated heterocycles. The van der Waals surface area contributed by atoms with E-state index in [2.05, 4.69) is 0 Å². The molecule has 1 aromatic rings. The van der Waals surface area contributed by atoms with Crippen molar-refractivity contribution in [3.63, 3.8) is 0 Å². The second-order valence-corrected chi connectivity index (χ2v) is 4.99. The first-order valence-corrected chi connectivity index (χ1v) is 6.34. The minimum absolute atomic E-state index is 0.107. The Bertz CT molecular complexity index is 523. The van der Waals surface area contributed by atoms with E-state index in [0.717, 1.165) is 18.6 Å². The highest BCUT2D eigenvalue weighted by atomic mass is 19.4. The maximum absolute atomic E-state index is 12.8. The molecule has 0 saturated carbocycles. The van der Waals surface area contributed by atoms with Gasteiger partial charge in [-0.2, -0.15) is 26.3 Å². The lowest BCUT2D eigenvalue weighted by Crippen LogP contribution is -2.24. The molecular formula is C14H13F6N. The van der Waals surface area contributed by atoms with Gasteiger partial charge in [0, 0.05) is 6.04 Å². The van der Waals surface area contributed by atoms with Crippen molar-refractivity contribution >= 4 is 5.57 Å². The molecule has 0 aromatic heterocycles. The summed E-state index contributed by atoms with van der Waals surface area (Å²) in [5.74, 6) is 0. The summed E-state index contributed by atoms with van der Waals surface area (Å²) in [6, 6.07) is 1.04. The summed E-state index contributed by atoms with van der Waals surface area (Å²) in [7, 11) is 0. The van der Waals surface area contributed by atoms with E-state index in [-0.39, 0.29) is 11.6 Å². The van der Waals surface area contributed by atoms with Gasteiger partial charge in [0.2, 0.25) is 0 Å². The average molecular weight is 309 g/mol. The molecule has 0 heterocycles. The molecule has 1 aromatic carbocycles. The van der Waals surface area contributed by atoms with E-state index in [0.29, 0.717) is 18.4 Å². The molecule has 1 aliphatic rings. The highest BCUT2D eigenvalue weighted by Crippen LogP contribution is 2.38.